The van der Waals surface area contributed by atoms with Crippen molar-refractivity contribution >= 4 is 11.6 Å². The van der Waals surface area contributed by atoms with Crippen molar-refractivity contribution in [3.05, 3.63) is 35.1 Å². The van der Waals surface area contributed by atoms with Crippen LogP contribution in [0.3, 0.4) is 0 Å². The van der Waals surface area contributed by atoms with E-state index in [0.717, 1.165) is 35.2 Å². The van der Waals surface area contributed by atoms with Crippen LogP contribution in [-0.2, 0) is 13.0 Å². The molecule has 0 atom stereocenters. The normalized spacial score (nSPS) is 14.8. The van der Waals surface area contributed by atoms with E-state index in [-0.39, 0.29) is 0 Å². The summed E-state index contributed by atoms with van der Waals surface area (Å²) in [6, 6.07) is 7.77. The van der Waals surface area contributed by atoms with E-state index in [1.165, 1.54) is 12.8 Å². The predicted octanol–water partition coefficient (Wildman–Crippen LogP) is 2.93. The SMILES string of the molecule is Clc1ccc(-c2nnc3n2CCCC3)cc1. The summed E-state index contributed by atoms with van der Waals surface area (Å²) in [4.78, 5) is 0. The Balaban J connectivity index is 2.06. The third-order valence-electron chi connectivity index (χ3n) is 2.96. The topological polar surface area (TPSA) is 30.7 Å². The molecule has 1 aliphatic heterocycles. The first-order valence-electron chi connectivity index (χ1n) is 5.52. The van der Waals surface area contributed by atoms with Crippen molar-refractivity contribution in [2.45, 2.75) is 25.8 Å². The highest BCUT2D eigenvalue weighted by molar-refractivity contribution is 6.30. The number of aromatic nitrogens is 3. The molecule has 0 bridgehead atoms. The van der Waals surface area contributed by atoms with Crippen molar-refractivity contribution in [3.8, 4) is 11.4 Å². The lowest BCUT2D eigenvalue weighted by molar-refractivity contribution is 0.526. The molecule has 0 unspecified atom stereocenters. The molecule has 82 valence electrons. The third kappa shape index (κ3) is 1.61. The summed E-state index contributed by atoms with van der Waals surface area (Å²) < 4.78 is 2.22. The minimum Gasteiger partial charge on any atom is -0.311 e. The Bertz CT molecular complexity index is 501. The van der Waals surface area contributed by atoms with Crippen molar-refractivity contribution in [3.63, 3.8) is 0 Å². The molecule has 0 aliphatic carbocycles. The van der Waals surface area contributed by atoms with Crippen LogP contribution in [0.1, 0.15) is 18.7 Å². The van der Waals surface area contributed by atoms with Gasteiger partial charge in [-0.15, -0.1) is 10.2 Å². The van der Waals surface area contributed by atoms with Gasteiger partial charge in [-0.1, -0.05) is 11.6 Å². The second-order valence-electron chi connectivity index (χ2n) is 4.06. The minimum absolute atomic E-state index is 0.752. The first-order chi connectivity index (χ1) is 7.84. The van der Waals surface area contributed by atoms with E-state index in [0.29, 0.717) is 0 Å². The van der Waals surface area contributed by atoms with Crippen LogP contribution in [0.5, 0.6) is 0 Å². The predicted molar refractivity (Wildman–Crippen MR) is 63.4 cm³/mol. The summed E-state index contributed by atoms with van der Waals surface area (Å²) in [7, 11) is 0. The van der Waals surface area contributed by atoms with Gasteiger partial charge < -0.3 is 4.57 Å². The van der Waals surface area contributed by atoms with Gasteiger partial charge in [-0.3, -0.25) is 0 Å². The second-order valence-corrected chi connectivity index (χ2v) is 4.49. The van der Waals surface area contributed by atoms with Crippen LogP contribution >= 0.6 is 11.6 Å². The molecule has 0 amide bonds. The number of hydrogen-bond acceptors (Lipinski definition) is 2. The van der Waals surface area contributed by atoms with E-state index in [1.54, 1.807) is 0 Å². The van der Waals surface area contributed by atoms with E-state index >= 15 is 0 Å². The zero-order chi connectivity index (χ0) is 11.0. The molecular weight excluding hydrogens is 222 g/mol. The van der Waals surface area contributed by atoms with Crippen molar-refractivity contribution < 1.29 is 0 Å². The lowest BCUT2D eigenvalue weighted by Crippen LogP contribution is -2.11. The Morgan fingerprint density at radius 3 is 2.69 bits per heavy atom. The molecule has 1 aliphatic rings. The van der Waals surface area contributed by atoms with Gasteiger partial charge in [-0.2, -0.15) is 0 Å². The smallest absolute Gasteiger partial charge is 0.163 e. The van der Waals surface area contributed by atoms with Crippen molar-refractivity contribution in [2.24, 2.45) is 0 Å². The Labute approximate surface area is 99.1 Å². The van der Waals surface area contributed by atoms with Gasteiger partial charge in [0.15, 0.2) is 5.82 Å². The zero-order valence-corrected chi connectivity index (χ0v) is 9.61. The number of aryl methyl sites for hydroxylation is 1. The maximum Gasteiger partial charge on any atom is 0.163 e. The van der Waals surface area contributed by atoms with Crippen molar-refractivity contribution in [2.75, 3.05) is 0 Å². The Kier molecular flexibility index (Phi) is 2.40. The first kappa shape index (κ1) is 9.85. The van der Waals surface area contributed by atoms with Crippen LogP contribution in [-0.4, -0.2) is 14.8 Å². The van der Waals surface area contributed by atoms with E-state index < -0.39 is 0 Å². The lowest BCUT2D eigenvalue weighted by atomic mass is 10.1. The van der Waals surface area contributed by atoms with Crippen LogP contribution < -0.4 is 0 Å². The Hall–Kier alpha value is -1.35. The molecule has 0 spiro atoms. The molecule has 0 saturated heterocycles. The fourth-order valence-electron chi connectivity index (χ4n) is 2.12. The summed E-state index contributed by atoms with van der Waals surface area (Å²) in [5.74, 6) is 2.07. The Morgan fingerprint density at radius 1 is 1.06 bits per heavy atom. The maximum absolute atomic E-state index is 5.87. The standard InChI is InChI=1S/C12H12ClN3/c13-10-6-4-9(5-7-10)12-15-14-11-3-1-2-8-16(11)12/h4-7H,1-3,8H2. The number of rotatable bonds is 1. The van der Waals surface area contributed by atoms with Crippen LogP contribution in [0, 0.1) is 0 Å². The molecule has 2 heterocycles. The Morgan fingerprint density at radius 2 is 1.88 bits per heavy atom. The number of hydrogen-bond donors (Lipinski definition) is 0. The third-order valence-corrected chi connectivity index (χ3v) is 3.21. The van der Waals surface area contributed by atoms with Gasteiger partial charge in [0.05, 0.1) is 0 Å². The monoisotopic (exact) mass is 233 g/mol. The first-order valence-corrected chi connectivity index (χ1v) is 5.90. The van der Waals surface area contributed by atoms with Crippen LogP contribution in [0.4, 0.5) is 0 Å². The molecule has 2 aromatic rings. The molecule has 0 N–H and O–H groups in total. The summed E-state index contributed by atoms with van der Waals surface area (Å²) in [5, 5.41) is 9.26. The van der Waals surface area contributed by atoms with Gasteiger partial charge in [0.25, 0.3) is 0 Å². The highest BCUT2D eigenvalue weighted by Crippen LogP contribution is 2.23. The van der Waals surface area contributed by atoms with Gasteiger partial charge in [-0.25, -0.2) is 0 Å². The van der Waals surface area contributed by atoms with Crippen LogP contribution in [0.2, 0.25) is 5.02 Å². The highest BCUT2D eigenvalue weighted by Gasteiger charge is 2.16. The second kappa shape index (κ2) is 3.91. The highest BCUT2D eigenvalue weighted by atomic mass is 35.5. The summed E-state index contributed by atoms with van der Waals surface area (Å²) in [6.45, 7) is 1.03. The van der Waals surface area contributed by atoms with Gasteiger partial charge >= 0.3 is 0 Å². The molecule has 3 rings (SSSR count). The molecule has 3 nitrogen and oxygen atoms in total. The molecule has 4 heteroatoms. The van der Waals surface area contributed by atoms with Crippen LogP contribution in [0.25, 0.3) is 11.4 Å². The fraction of sp³-hybridized carbons (Fsp3) is 0.333. The lowest BCUT2D eigenvalue weighted by Gasteiger charge is -2.14. The van der Waals surface area contributed by atoms with E-state index in [1.807, 2.05) is 24.3 Å². The number of benzene rings is 1. The van der Waals surface area contributed by atoms with Crippen molar-refractivity contribution in [1.82, 2.24) is 14.8 Å². The van der Waals surface area contributed by atoms with Gasteiger partial charge in [0.1, 0.15) is 5.82 Å². The zero-order valence-electron chi connectivity index (χ0n) is 8.86. The molecule has 0 radical (unpaired) electrons. The van der Waals surface area contributed by atoms with E-state index in [2.05, 4.69) is 14.8 Å². The number of halogens is 1. The quantitative estimate of drug-likeness (QED) is 0.758. The van der Waals surface area contributed by atoms with Crippen molar-refractivity contribution in [1.29, 1.82) is 0 Å². The average Bonchev–Trinajstić information content (AvgIpc) is 2.74. The number of nitrogens with zero attached hydrogens (tertiary/aromatic N) is 3. The molecule has 0 saturated carbocycles. The minimum atomic E-state index is 0.752. The van der Waals surface area contributed by atoms with E-state index in [9.17, 15) is 0 Å². The fourth-order valence-corrected chi connectivity index (χ4v) is 2.25. The summed E-state index contributed by atoms with van der Waals surface area (Å²) in [5.41, 5.74) is 1.09. The van der Waals surface area contributed by atoms with Gasteiger partial charge in [0, 0.05) is 23.6 Å². The number of fused-ring (bicyclic) bond motifs is 1. The summed E-state index contributed by atoms with van der Waals surface area (Å²) in [6.07, 6.45) is 3.48. The molecule has 1 aromatic carbocycles. The maximum atomic E-state index is 5.87. The van der Waals surface area contributed by atoms with Crippen LogP contribution in [0.15, 0.2) is 24.3 Å². The largest absolute Gasteiger partial charge is 0.311 e. The van der Waals surface area contributed by atoms with Gasteiger partial charge in [0.2, 0.25) is 0 Å². The molecule has 0 fully saturated rings. The molecular formula is C12H12ClN3. The van der Waals surface area contributed by atoms with Gasteiger partial charge in [-0.05, 0) is 37.1 Å². The summed E-state index contributed by atoms with van der Waals surface area (Å²) >= 11 is 5.87. The van der Waals surface area contributed by atoms with E-state index in [4.69, 9.17) is 11.6 Å². The average molecular weight is 234 g/mol. The molecule has 1 aromatic heterocycles. The molecule has 16 heavy (non-hydrogen) atoms.